The molecule has 2 N–H and O–H groups in total. The molecule has 0 unspecified atom stereocenters. The molecule has 0 aliphatic rings. The molecule has 0 heterocycles. The van der Waals surface area contributed by atoms with Crippen LogP contribution in [0.15, 0.2) is 21.5 Å². The summed E-state index contributed by atoms with van der Waals surface area (Å²) in [5, 5.41) is 3.03. The van der Waals surface area contributed by atoms with Gasteiger partial charge in [-0.3, -0.25) is 0 Å². The fourth-order valence-electron chi connectivity index (χ4n) is 2.12. The average molecular weight is 379 g/mol. The topological polar surface area (TPSA) is 67.4 Å². The van der Waals surface area contributed by atoms with Gasteiger partial charge in [0.1, 0.15) is 0 Å². The lowest BCUT2D eigenvalue weighted by molar-refractivity contribution is 0.141. The summed E-state index contributed by atoms with van der Waals surface area (Å²) in [6.45, 7) is 6.35. The first-order valence-electron chi connectivity index (χ1n) is 6.59. The molecule has 0 saturated heterocycles. The number of rotatable bonds is 7. The van der Waals surface area contributed by atoms with E-state index in [0.717, 1.165) is 11.1 Å². The van der Waals surface area contributed by atoms with Crippen molar-refractivity contribution in [3.05, 3.63) is 27.7 Å². The van der Waals surface area contributed by atoms with Crippen LogP contribution in [0.25, 0.3) is 0 Å². The van der Waals surface area contributed by atoms with Crippen LogP contribution in [-0.4, -0.2) is 34.7 Å². The number of methoxy groups -OCH3 is 1. The number of hydrogen-bond acceptors (Lipinski definition) is 4. The predicted octanol–water partition coefficient (Wildman–Crippen LogP) is 2.18. The third-order valence-electron chi connectivity index (χ3n) is 2.87. The second-order valence-electron chi connectivity index (χ2n) is 5.68. The molecule has 0 aromatic heterocycles. The van der Waals surface area contributed by atoms with Crippen molar-refractivity contribution in [2.75, 3.05) is 20.8 Å². The van der Waals surface area contributed by atoms with E-state index in [1.165, 1.54) is 0 Å². The number of halogens is 1. The summed E-state index contributed by atoms with van der Waals surface area (Å²) >= 11 is 3.38. The van der Waals surface area contributed by atoms with E-state index in [-0.39, 0.29) is 4.90 Å². The molecule has 1 rings (SSSR count). The Morgan fingerprint density at radius 2 is 1.95 bits per heavy atom. The Bertz CT molecular complexity index is 600. The molecule has 0 bridgehead atoms. The van der Waals surface area contributed by atoms with Crippen molar-refractivity contribution in [3.63, 3.8) is 0 Å². The second kappa shape index (κ2) is 7.19. The van der Waals surface area contributed by atoms with Crippen LogP contribution in [0.3, 0.4) is 0 Å². The van der Waals surface area contributed by atoms with Gasteiger partial charge < -0.3 is 10.1 Å². The molecule has 120 valence electrons. The van der Waals surface area contributed by atoms with Crippen LogP contribution in [0.1, 0.15) is 25.0 Å². The number of sulfonamides is 1. The van der Waals surface area contributed by atoms with Crippen LogP contribution in [0.4, 0.5) is 0 Å². The van der Waals surface area contributed by atoms with E-state index < -0.39 is 15.6 Å². The molecule has 0 spiro atoms. The van der Waals surface area contributed by atoms with E-state index in [1.54, 1.807) is 27.0 Å². The lowest BCUT2D eigenvalue weighted by Gasteiger charge is -2.25. The van der Waals surface area contributed by atoms with Crippen molar-refractivity contribution >= 4 is 26.0 Å². The van der Waals surface area contributed by atoms with Crippen LogP contribution in [0.2, 0.25) is 0 Å². The van der Waals surface area contributed by atoms with Crippen molar-refractivity contribution in [2.24, 2.45) is 0 Å². The van der Waals surface area contributed by atoms with Gasteiger partial charge in [-0.05, 0) is 60.9 Å². The fourth-order valence-corrected chi connectivity index (χ4v) is 4.59. The highest BCUT2D eigenvalue weighted by Gasteiger charge is 2.28. The van der Waals surface area contributed by atoms with Crippen molar-refractivity contribution < 1.29 is 13.2 Å². The molecular formula is C14H23BrN2O3S. The predicted molar refractivity (Wildman–Crippen MR) is 87.9 cm³/mol. The first kappa shape index (κ1) is 18.6. The van der Waals surface area contributed by atoms with Crippen LogP contribution < -0.4 is 10.0 Å². The van der Waals surface area contributed by atoms with E-state index in [4.69, 9.17) is 4.74 Å². The summed E-state index contributed by atoms with van der Waals surface area (Å²) in [5.74, 6) is 0. The van der Waals surface area contributed by atoms with Crippen LogP contribution >= 0.6 is 15.9 Å². The molecule has 0 saturated carbocycles. The third-order valence-corrected chi connectivity index (χ3v) is 5.90. The minimum Gasteiger partial charge on any atom is -0.383 e. The Morgan fingerprint density at radius 3 is 2.48 bits per heavy atom. The van der Waals surface area contributed by atoms with Gasteiger partial charge in [0.2, 0.25) is 10.0 Å². The van der Waals surface area contributed by atoms with Gasteiger partial charge >= 0.3 is 0 Å². The Balaban J connectivity index is 3.24. The molecule has 5 nitrogen and oxygen atoms in total. The third kappa shape index (κ3) is 5.03. The molecule has 0 fully saturated rings. The van der Waals surface area contributed by atoms with Gasteiger partial charge in [-0.25, -0.2) is 13.1 Å². The largest absolute Gasteiger partial charge is 0.383 e. The smallest absolute Gasteiger partial charge is 0.242 e. The molecule has 0 amide bonds. The second-order valence-corrected chi connectivity index (χ2v) is 8.12. The number of hydrogen-bond donors (Lipinski definition) is 2. The maximum absolute atomic E-state index is 12.6. The molecule has 1 aromatic rings. The fraction of sp³-hybridized carbons (Fsp3) is 0.571. The highest BCUT2D eigenvalue weighted by molar-refractivity contribution is 9.10. The van der Waals surface area contributed by atoms with Gasteiger partial charge in [-0.1, -0.05) is 6.07 Å². The first-order valence-corrected chi connectivity index (χ1v) is 8.87. The molecule has 0 radical (unpaired) electrons. The summed E-state index contributed by atoms with van der Waals surface area (Å²) in [4.78, 5) is 0.247. The van der Waals surface area contributed by atoms with Gasteiger partial charge in [0.25, 0.3) is 0 Å². The summed E-state index contributed by atoms with van der Waals surface area (Å²) < 4.78 is 33.6. The van der Waals surface area contributed by atoms with E-state index in [9.17, 15) is 8.42 Å². The van der Waals surface area contributed by atoms with Gasteiger partial charge in [0.05, 0.1) is 17.0 Å². The van der Waals surface area contributed by atoms with E-state index in [0.29, 0.717) is 17.6 Å². The summed E-state index contributed by atoms with van der Waals surface area (Å²) in [7, 11) is -0.269. The molecule has 7 heteroatoms. The molecular weight excluding hydrogens is 356 g/mol. The van der Waals surface area contributed by atoms with Crippen LogP contribution in [0, 0.1) is 6.92 Å². The normalized spacial score (nSPS) is 12.7. The summed E-state index contributed by atoms with van der Waals surface area (Å²) in [6, 6.07) is 3.64. The van der Waals surface area contributed by atoms with Gasteiger partial charge in [-0.2, -0.15) is 0 Å². The zero-order valence-electron chi connectivity index (χ0n) is 13.1. The van der Waals surface area contributed by atoms with E-state index >= 15 is 0 Å². The maximum atomic E-state index is 12.6. The molecule has 1 aromatic carbocycles. The summed E-state index contributed by atoms with van der Waals surface area (Å²) in [5.41, 5.74) is 1.12. The van der Waals surface area contributed by atoms with Crippen LogP contribution in [0.5, 0.6) is 0 Å². The number of benzene rings is 1. The van der Waals surface area contributed by atoms with Gasteiger partial charge in [-0.15, -0.1) is 0 Å². The zero-order valence-corrected chi connectivity index (χ0v) is 15.5. The quantitative estimate of drug-likeness (QED) is 0.762. The van der Waals surface area contributed by atoms with Crippen molar-refractivity contribution in [1.29, 1.82) is 0 Å². The lowest BCUT2D eigenvalue weighted by Crippen LogP contribution is -2.46. The Hall–Kier alpha value is -0.470. The standard InChI is InChI=1S/C14H23BrN2O3S/c1-10-6-11(8-16-4)7-12(13(10)15)21(18,19)17-14(2,3)9-20-5/h6-7,16-17H,8-9H2,1-5H3. The molecule has 0 aliphatic heterocycles. The highest BCUT2D eigenvalue weighted by Crippen LogP contribution is 2.28. The summed E-state index contributed by atoms with van der Waals surface area (Å²) in [6.07, 6.45) is 0. The van der Waals surface area contributed by atoms with Crippen molar-refractivity contribution in [3.8, 4) is 0 Å². The Morgan fingerprint density at radius 1 is 1.33 bits per heavy atom. The number of aryl methyl sites for hydroxylation is 1. The minimum absolute atomic E-state index is 0.247. The number of ether oxygens (including phenoxy) is 1. The Kier molecular flexibility index (Phi) is 6.36. The maximum Gasteiger partial charge on any atom is 0.242 e. The average Bonchev–Trinajstić information content (AvgIpc) is 2.32. The SMILES string of the molecule is CNCc1cc(C)c(Br)c(S(=O)(=O)NC(C)(C)COC)c1. The molecule has 0 atom stereocenters. The van der Waals surface area contributed by atoms with Crippen LogP contribution in [-0.2, 0) is 21.3 Å². The first-order chi connectivity index (χ1) is 9.63. The lowest BCUT2D eigenvalue weighted by atomic mass is 10.1. The monoisotopic (exact) mass is 378 g/mol. The van der Waals surface area contributed by atoms with Crippen molar-refractivity contribution in [2.45, 2.75) is 37.8 Å². The van der Waals surface area contributed by atoms with E-state index in [2.05, 4.69) is 26.0 Å². The highest BCUT2D eigenvalue weighted by atomic mass is 79.9. The number of nitrogens with one attached hydrogen (secondary N) is 2. The van der Waals surface area contributed by atoms with E-state index in [1.807, 2.05) is 20.0 Å². The minimum atomic E-state index is -3.64. The molecule has 0 aliphatic carbocycles. The molecule has 21 heavy (non-hydrogen) atoms. The Labute approximate surface area is 135 Å². The van der Waals surface area contributed by atoms with Crippen molar-refractivity contribution in [1.82, 2.24) is 10.0 Å². The zero-order chi connectivity index (χ0) is 16.3. The van der Waals surface area contributed by atoms with Gasteiger partial charge in [0.15, 0.2) is 0 Å². The van der Waals surface area contributed by atoms with Gasteiger partial charge in [0, 0.05) is 18.1 Å².